The van der Waals surface area contributed by atoms with Crippen LogP contribution in [-0.4, -0.2) is 60.7 Å². The summed E-state index contributed by atoms with van der Waals surface area (Å²) in [4.78, 5) is 27.3. The number of carbonyl (C=O) groups excluding carboxylic acids is 1. The molecule has 0 amide bonds. The third kappa shape index (κ3) is 3.43. The van der Waals surface area contributed by atoms with Crippen LogP contribution in [0.25, 0.3) is 0 Å². The van der Waals surface area contributed by atoms with E-state index >= 15 is 0 Å². The molecule has 0 aromatic heterocycles. The van der Waals surface area contributed by atoms with Crippen LogP contribution in [0.5, 0.6) is 0 Å². The fraction of sp³-hybridized carbons (Fsp3) is 0.800. The maximum absolute atomic E-state index is 10.7. The second kappa shape index (κ2) is 4.94. The van der Waals surface area contributed by atoms with Crippen molar-refractivity contribution in [2.24, 2.45) is 0 Å². The summed E-state index contributed by atoms with van der Waals surface area (Å²) in [6.07, 6.45) is -6.42. The average Bonchev–Trinajstić information content (AvgIpc) is 2.11. The van der Waals surface area contributed by atoms with Crippen molar-refractivity contribution in [1.29, 1.82) is 0 Å². The number of aliphatic hydroxyl groups excluding tert-OH is 4. The summed E-state index contributed by atoms with van der Waals surface area (Å²) >= 11 is 0. The van der Waals surface area contributed by atoms with Gasteiger partial charge in [0.25, 0.3) is 5.52 Å². The highest BCUT2D eigenvalue weighted by Crippen LogP contribution is 2.37. The molecule has 0 fully saturated rings. The molecule has 0 aliphatic carbocycles. The number of hydrogen-bond acceptors (Lipinski definition) is 6. The van der Waals surface area contributed by atoms with E-state index in [1.54, 1.807) is 0 Å². The summed E-state index contributed by atoms with van der Waals surface area (Å²) in [6, 6.07) is 0. The minimum absolute atomic E-state index is 0.952. The van der Waals surface area contributed by atoms with Crippen molar-refractivity contribution in [2.75, 3.05) is 6.61 Å². The van der Waals surface area contributed by atoms with E-state index in [1.165, 1.54) is 0 Å². The van der Waals surface area contributed by atoms with Crippen LogP contribution in [-0.2, 0) is 9.36 Å². The van der Waals surface area contributed by atoms with E-state index in [0.29, 0.717) is 0 Å². The van der Waals surface area contributed by atoms with E-state index in [9.17, 15) is 9.36 Å². The van der Waals surface area contributed by atoms with Gasteiger partial charge in [0.1, 0.15) is 12.2 Å². The van der Waals surface area contributed by atoms with Crippen molar-refractivity contribution in [3.8, 4) is 0 Å². The molecule has 0 aromatic carbocycles. The van der Waals surface area contributed by atoms with Gasteiger partial charge in [-0.15, -0.1) is 0 Å². The van der Waals surface area contributed by atoms with Crippen molar-refractivity contribution in [3.63, 3.8) is 0 Å². The zero-order valence-electron chi connectivity index (χ0n) is 6.89. The fourth-order valence-electron chi connectivity index (χ4n) is 0.637. The summed E-state index contributed by atoms with van der Waals surface area (Å²) in [6.45, 7) is -0.952. The molecule has 0 aliphatic rings. The molecule has 0 unspecified atom stereocenters. The first-order chi connectivity index (χ1) is 6.21. The Balaban J connectivity index is 4.55. The third-order valence-electron chi connectivity index (χ3n) is 1.44. The zero-order valence-corrected chi connectivity index (χ0v) is 7.78. The summed E-state index contributed by atoms with van der Waals surface area (Å²) in [5, 5.41) is 34.8. The summed E-state index contributed by atoms with van der Waals surface area (Å²) in [5.41, 5.74) is -1.91. The molecule has 0 spiro atoms. The van der Waals surface area contributed by atoms with E-state index in [4.69, 9.17) is 30.2 Å². The zero-order chi connectivity index (χ0) is 11.5. The summed E-state index contributed by atoms with van der Waals surface area (Å²) in [5.74, 6) is 0. The molecule has 0 radical (unpaired) electrons. The lowest BCUT2D eigenvalue weighted by Crippen LogP contribution is -2.43. The first-order valence-corrected chi connectivity index (χ1v) is 5.08. The standard InChI is InChI=1S/C5H11O8P/c6-1-2(7)3(8)4(9)5(10)14(11,12)13/h2-4,6-9H,1H2,(H2,11,12,13)/t2-,3-,4-/m1/s1. The minimum atomic E-state index is -5.16. The monoisotopic (exact) mass is 230 g/mol. The molecule has 0 heterocycles. The largest absolute Gasteiger partial charge is 0.394 e. The molecule has 8 nitrogen and oxygen atoms in total. The summed E-state index contributed by atoms with van der Waals surface area (Å²) < 4.78 is 10.3. The van der Waals surface area contributed by atoms with Gasteiger partial charge >= 0.3 is 7.60 Å². The van der Waals surface area contributed by atoms with Gasteiger partial charge in [0.15, 0.2) is 6.10 Å². The number of rotatable bonds is 5. The van der Waals surface area contributed by atoms with Crippen molar-refractivity contribution in [2.45, 2.75) is 18.3 Å². The molecule has 0 aliphatic heterocycles. The van der Waals surface area contributed by atoms with Crippen LogP contribution < -0.4 is 0 Å². The van der Waals surface area contributed by atoms with Gasteiger partial charge in [-0.3, -0.25) is 9.36 Å². The first-order valence-electron chi connectivity index (χ1n) is 3.46. The Morgan fingerprint density at radius 2 is 1.64 bits per heavy atom. The number of hydrogen-bond donors (Lipinski definition) is 6. The molecular formula is C5H11O8P. The van der Waals surface area contributed by atoms with Gasteiger partial charge in [-0.1, -0.05) is 0 Å². The molecule has 0 saturated heterocycles. The third-order valence-corrected chi connectivity index (χ3v) is 2.28. The van der Waals surface area contributed by atoms with Gasteiger partial charge < -0.3 is 30.2 Å². The molecule has 6 N–H and O–H groups in total. The van der Waals surface area contributed by atoms with Crippen LogP contribution in [0.3, 0.4) is 0 Å². The fourth-order valence-corrected chi connectivity index (χ4v) is 1.13. The highest BCUT2D eigenvalue weighted by molar-refractivity contribution is 7.70. The Bertz CT molecular complexity index is 246. The molecule has 3 atom stereocenters. The quantitative estimate of drug-likeness (QED) is 0.269. The molecule has 0 bridgehead atoms. The maximum Gasteiger partial charge on any atom is 0.394 e. The summed E-state index contributed by atoms with van der Waals surface area (Å²) in [7, 11) is -5.16. The second-order valence-corrected chi connectivity index (χ2v) is 4.10. The predicted octanol–water partition coefficient (Wildman–Crippen LogP) is -3.23. The maximum atomic E-state index is 10.7. The Kier molecular flexibility index (Phi) is 4.82. The molecule has 14 heavy (non-hydrogen) atoms. The van der Waals surface area contributed by atoms with Crippen LogP contribution in [0.15, 0.2) is 0 Å². The van der Waals surface area contributed by atoms with Crippen LogP contribution in [0, 0.1) is 0 Å². The molecule has 9 heteroatoms. The number of aliphatic hydroxyl groups is 4. The van der Waals surface area contributed by atoms with Crippen molar-refractivity contribution >= 4 is 13.1 Å². The SMILES string of the molecule is O=C([C@H](O)[C@H](O)[C@H](O)CO)P(=O)(O)O. The van der Waals surface area contributed by atoms with E-state index in [2.05, 4.69) is 0 Å². The lowest BCUT2D eigenvalue weighted by Gasteiger charge is -2.20. The van der Waals surface area contributed by atoms with Crippen molar-refractivity contribution in [1.82, 2.24) is 0 Å². The number of carbonyl (C=O) groups is 1. The van der Waals surface area contributed by atoms with E-state index in [0.717, 1.165) is 0 Å². The van der Waals surface area contributed by atoms with Crippen molar-refractivity contribution < 1.29 is 39.6 Å². The molecular weight excluding hydrogens is 219 g/mol. The highest BCUT2D eigenvalue weighted by Gasteiger charge is 2.39. The highest BCUT2D eigenvalue weighted by atomic mass is 31.2. The predicted molar refractivity (Wildman–Crippen MR) is 42.2 cm³/mol. The smallest absolute Gasteiger partial charge is 0.394 e. The van der Waals surface area contributed by atoms with Crippen molar-refractivity contribution in [3.05, 3.63) is 0 Å². The van der Waals surface area contributed by atoms with Gasteiger partial charge in [-0.25, -0.2) is 0 Å². The van der Waals surface area contributed by atoms with Gasteiger partial charge in [0.05, 0.1) is 6.61 Å². The van der Waals surface area contributed by atoms with E-state index in [1.807, 2.05) is 0 Å². The Hall–Kier alpha value is -0.340. The molecule has 0 rings (SSSR count). The van der Waals surface area contributed by atoms with E-state index < -0.39 is 38.0 Å². The Morgan fingerprint density at radius 1 is 1.21 bits per heavy atom. The lowest BCUT2D eigenvalue weighted by molar-refractivity contribution is -0.133. The molecule has 84 valence electrons. The molecule has 0 aromatic rings. The van der Waals surface area contributed by atoms with Gasteiger partial charge in [-0.05, 0) is 0 Å². The first kappa shape index (κ1) is 13.7. The normalized spacial score (nSPS) is 18.7. The van der Waals surface area contributed by atoms with Gasteiger partial charge in [-0.2, -0.15) is 0 Å². The molecule has 0 saturated carbocycles. The Morgan fingerprint density at radius 3 is 1.93 bits per heavy atom. The minimum Gasteiger partial charge on any atom is -0.394 e. The van der Waals surface area contributed by atoms with Gasteiger partial charge in [0, 0.05) is 0 Å². The van der Waals surface area contributed by atoms with Crippen LogP contribution in [0.1, 0.15) is 0 Å². The van der Waals surface area contributed by atoms with Crippen LogP contribution in [0.2, 0.25) is 0 Å². The van der Waals surface area contributed by atoms with Crippen LogP contribution >= 0.6 is 7.60 Å². The second-order valence-electron chi connectivity index (χ2n) is 2.57. The lowest BCUT2D eigenvalue weighted by atomic mass is 10.1. The van der Waals surface area contributed by atoms with Gasteiger partial charge in [0.2, 0.25) is 0 Å². The average molecular weight is 230 g/mol. The van der Waals surface area contributed by atoms with E-state index in [-0.39, 0.29) is 0 Å². The van der Waals surface area contributed by atoms with Crippen LogP contribution in [0.4, 0.5) is 0 Å². The topological polar surface area (TPSA) is 156 Å². The Labute approximate surface area is 78.6 Å².